The van der Waals surface area contributed by atoms with E-state index in [1.54, 1.807) is 0 Å². The second kappa shape index (κ2) is 8.84. The summed E-state index contributed by atoms with van der Waals surface area (Å²) in [5, 5.41) is 10.9. The summed E-state index contributed by atoms with van der Waals surface area (Å²) in [5.41, 5.74) is 5.86. The van der Waals surface area contributed by atoms with E-state index in [1.807, 2.05) is 40.1 Å². The molecule has 3 rings (SSSR count). The largest absolute Gasteiger partial charge is 0.479 e. The predicted molar refractivity (Wildman–Crippen MR) is 112 cm³/mol. The van der Waals surface area contributed by atoms with Crippen LogP contribution < -0.4 is 0 Å². The van der Waals surface area contributed by atoms with Gasteiger partial charge in [0.2, 0.25) is 0 Å². The summed E-state index contributed by atoms with van der Waals surface area (Å²) in [6.45, 7) is 4.93. The molecule has 1 aliphatic carbocycles. The smallest absolute Gasteiger partial charge is 0.337 e. The molecule has 1 aromatic carbocycles. The lowest BCUT2D eigenvalue weighted by atomic mass is 9.84. The van der Waals surface area contributed by atoms with Gasteiger partial charge >= 0.3 is 5.97 Å². The van der Waals surface area contributed by atoms with E-state index in [0.29, 0.717) is 6.61 Å². The maximum atomic E-state index is 12.0. The van der Waals surface area contributed by atoms with Gasteiger partial charge in [-0.25, -0.2) is 4.79 Å². The lowest BCUT2D eigenvalue weighted by molar-refractivity contribution is -0.150. The fraction of sp³-hybridized carbons (Fsp3) is 0.478. The van der Waals surface area contributed by atoms with Crippen molar-refractivity contribution in [3.63, 3.8) is 0 Å². The zero-order valence-corrected chi connectivity index (χ0v) is 17.3. The molecule has 0 unspecified atom stereocenters. The summed E-state index contributed by atoms with van der Waals surface area (Å²) in [7, 11) is 4.05. The van der Waals surface area contributed by atoms with Gasteiger partial charge in [-0.1, -0.05) is 12.1 Å². The minimum absolute atomic E-state index is 0.354. The topological polar surface area (TPSA) is 62.7 Å². The highest BCUT2D eigenvalue weighted by molar-refractivity contribution is 5.96. The maximum absolute atomic E-state index is 12.0. The average molecular weight is 383 g/mol. The van der Waals surface area contributed by atoms with Crippen LogP contribution in [0.15, 0.2) is 24.3 Å². The van der Waals surface area contributed by atoms with Gasteiger partial charge in [-0.05, 0) is 82.5 Å². The Morgan fingerprint density at radius 2 is 2.11 bits per heavy atom. The first-order chi connectivity index (χ1) is 13.4. The molecule has 1 atom stereocenters. The Morgan fingerprint density at radius 1 is 1.32 bits per heavy atom. The molecule has 1 heterocycles. The third-order valence-electron chi connectivity index (χ3n) is 5.21. The van der Waals surface area contributed by atoms with E-state index in [0.717, 1.165) is 59.1 Å². The van der Waals surface area contributed by atoms with E-state index in [9.17, 15) is 9.90 Å². The third-order valence-corrected chi connectivity index (χ3v) is 5.21. The van der Waals surface area contributed by atoms with Crippen LogP contribution in [-0.4, -0.2) is 41.7 Å². The van der Waals surface area contributed by atoms with Crippen molar-refractivity contribution in [3.8, 4) is 0 Å². The molecule has 150 valence electrons. The van der Waals surface area contributed by atoms with E-state index >= 15 is 0 Å². The van der Waals surface area contributed by atoms with Crippen molar-refractivity contribution in [2.75, 3.05) is 20.7 Å². The molecule has 0 saturated carbocycles. The Bertz CT molecular complexity index is 902. The van der Waals surface area contributed by atoms with Crippen molar-refractivity contribution in [1.29, 1.82) is 0 Å². The van der Waals surface area contributed by atoms with Crippen molar-refractivity contribution in [2.45, 2.75) is 52.2 Å². The van der Waals surface area contributed by atoms with E-state index in [1.165, 1.54) is 12.0 Å². The van der Waals surface area contributed by atoms with Crippen molar-refractivity contribution in [2.24, 2.45) is 0 Å². The molecular formula is C23H30N2O3. The molecule has 28 heavy (non-hydrogen) atoms. The molecule has 0 radical (unpaired) electrons. The lowest BCUT2D eigenvalue weighted by Gasteiger charge is -2.24. The summed E-state index contributed by atoms with van der Waals surface area (Å²) < 4.78 is 5.67. The Labute approximate surface area is 167 Å². The summed E-state index contributed by atoms with van der Waals surface area (Å²) in [6, 6.07) is 6.15. The standard InChI is InChI=1S/C23H30N2O3/c1-5-28-22(23(26)27)20-15(2)13-19-18(12-11-17(24-19)14-25(3)4)21(20)16-9-7-6-8-10-16/h9,11-13,22H,5-8,10,14H2,1-4H3,(H,26,27)/t22-/m0/s1. The van der Waals surface area contributed by atoms with Crippen molar-refractivity contribution in [1.82, 2.24) is 9.88 Å². The van der Waals surface area contributed by atoms with Crippen LogP contribution in [0.2, 0.25) is 0 Å². The van der Waals surface area contributed by atoms with Gasteiger partial charge in [-0.15, -0.1) is 0 Å². The highest BCUT2D eigenvalue weighted by Crippen LogP contribution is 2.39. The molecule has 0 amide bonds. The number of pyridine rings is 1. The van der Waals surface area contributed by atoms with Gasteiger partial charge in [0.25, 0.3) is 0 Å². The second-order valence-electron chi connectivity index (χ2n) is 7.74. The maximum Gasteiger partial charge on any atom is 0.337 e. The molecule has 1 N–H and O–H groups in total. The number of fused-ring (bicyclic) bond motifs is 1. The van der Waals surface area contributed by atoms with Crippen LogP contribution in [0.1, 0.15) is 61.1 Å². The van der Waals surface area contributed by atoms with E-state index in [4.69, 9.17) is 9.72 Å². The number of aryl methyl sites for hydroxylation is 1. The number of nitrogens with zero attached hydrogens (tertiary/aromatic N) is 2. The molecule has 0 aliphatic heterocycles. The summed E-state index contributed by atoms with van der Waals surface area (Å²) in [5.74, 6) is -0.945. The van der Waals surface area contributed by atoms with Crippen LogP contribution in [0.25, 0.3) is 16.5 Å². The normalized spacial score (nSPS) is 15.7. The minimum atomic E-state index is -0.964. The first-order valence-corrected chi connectivity index (χ1v) is 10.0. The summed E-state index contributed by atoms with van der Waals surface area (Å²) in [6.07, 6.45) is 5.60. The van der Waals surface area contributed by atoms with Gasteiger partial charge in [0.15, 0.2) is 6.10 Å². The first kappa shape index (κ1) is 20.5. The van der Waals surface area contributed by atoms with E-state index < -0.39 is 12.1 Å². The number of aromatic nitrogens is 1. The van der Waals surface area contributed by atoms with Crippen LogP contribution in [0, 0.1) is 6.92 Å². The van der Waals surface area contributed by atoms with Crippen molar-refractivity contribution >= 4 is 22.4 Å². The van der Waals surface area contributed by atoms with E-state index in [2.05, 4.69) is 17.0 Å². The number of allylic oxidation sites excluding steroid dienone is 2. The number of aliphatic carboxylic acids is 1. The number of benzene rings is 1. The predicted octanol–water partition coefficient (Wildman–Crippen LogP) is 4.72. The molecule has 5 heteroatoms. The van der Waals surface area contributed by atoms with Crippen LogP contribution in [-0.2, 0) is 16.1 Å². The van der Waals surface area contributed by atoms with Gasteiger partial charge < -0.3 is 14.7 Å². The number of hydrogen-bond acceptors (Lipinski definition) is 4. The first-order valence-electron chi connectivity index (χ1n) is 10.0. The Balaban J connectivity index is 2.27. The van der Waals surface area contributed by atoms with Gasteiger partial charge in [-0.2, -0.15) is 0 Å². The molecule has 0 spiro atoms. The van der Waals surface area contributed by atoms with Crippen LogP contribution in [0.5, 0.6) is 0 Å². The Kier molecular flexibility index (Phi) is 6.47. The molecule has 1 aromatic heterocycles. The number of hydrogen-bond donors (Lipinski definition) is 1. The zero-order chi connectivity index (χ0) is 20.3. The molecule has 5 nitrogen and oxygen atoms in total. The lowest BCUT2D eigenvalue weighted by Crippen LogP contribution is -2.19. The SMILES string of the molecule is CCO[C@H](C(=O)O)c1c(C)cc2nc(CN(C)C)ccc2c1C1=CCCCC1. The minimum Gasteiger partial charge on any atom is -0.479 e. The van der Waals surface area contributed by atoms with Gasteiger partial charge in [0.1, 0.15) is 0 Å². The van der Waals surface area contributed by atoms with Crippen LogP contribution in [0.3, 0.4) is 0 Å². The molecular weight excluding hydrogens is 352 g/mol. The van der Waals surface area contributed by atoms with Gasteiger partial charge in [0, 0.05) is 24.1 Å². The highest BCUT2D eigenvalue weighted by atomic mass is 16.5. The monoisotopic (exact) mass is 382 g/mol. The highest BCUT2D eigenvalue weighted by Gasteiger charge is 2.28. The molecule has 0 fully saturated rings. The summed E-state index contributed by atoms with van der Waals surface area (Å²) >= 11 is 0. The fourth-order valence-electron chi connectivity index (χ4n) is 4.07. The second-order valence-corrected chi connectivity index (χ2v) is 7.74. The quantitative estimate of drug-likeness (QED) is 0.750. The number of carbonyl (C=O) groups is 1. The molecule has 0 bridgehead atoms. The number of ether oxygens (including phenoxy) is 1. The van der Waals surface area contributed by atoms with Crippen molar-refractivity contribution in [3.05, 3.63) is 46.7 Å². The number of carboxylic acid groups (broad SMARTS) is 1. The Hall–Kier alpha value is -2.24. The average Bonchev–Trinajstić information content (AvgIpc) is 2.65. The van der Waals surface area contributed by atoms with Gasteiger partial charge in [0.05, 0.1) is 11.2 Å². The van der Waals surface area contributed by atoms with Gasteiger partial charge in [-0.3, -0.25) is 4.98 Å². The van der Waals surface area contributed by atoms with Crippen molar-refractivity contribution < 1.29 is 14.6 Å². The molecule has 1 aliphatic rings. The Morgan fingerprint density at radius 3 is 2.71 bits per heavy atom. The van der Waals surface area contributed by atoms with Crippen LogP contribution >= 0.6 is 0 Å². The summed E-state index contributed by atoms with van der Waals surface area (Å²) in [4.78, 5) is 19.0. The molecule has 2 aromatic rings. The van der Waals surface area contributed by atoms with Crippen LogP contribution in [0.4, 0.5) is 0 Å². The number of carboxylic acids is 1. The van der Waals surface area contributed by atoms with E-state index in [-0.39, 0.29) is 0 Å². The zero-order valence-electron chi connectivity index (χ0n) is 17.3. The third kappa shape index (κ3) is 4.26. The fourth-order valence-corrected chi connectivity index (χ4v) is 4.07. The number of rotatable bonds is 7. The molecule has 0 saturated heterocycles.